The van der Waals surface area contributed by atoms with E-state index >= 15 is 0 Å². The second-order valence-electron chi connectivity index (χ2n) is 6.95. The Morgan fingerprint density at radius 3 is 2.80 bits per heavy atom. The van der Waals surface area contributed by atoms with Crippen molar-refractivity contribution >= 4 is 63.1 Å². The number of ether oxygens (including phenoxy) is 1. The molecule has 9 heteroatoms. The van der Waals surface area contributed by atoms with Gasteiger partial charge in [0.25, 0.3) is 0 Å². The largest absolute Gasteiger partial charge is 0.444 e. The van der Waals surface area contributed by atoms with Gasteiger partial charge in [0, 0.05) is 22.9 Å². The van der Waals surface area contributed by atoms with Gasteiger partial charge in [-0.15, -0.1) is 0 Å². The average Bonchev–Trinajstić information content (AvgIpc) is 3.10. The molecular weight excluding hydrogens is 475 g/mol. The lowest BCUT2D eigenvalue weighted by Crippen LogP contribution is -2.35. The van der Waals surface area contributed by atoms with Crippen LogP contribution in [0.4, 0.5) is 4.79 Å². The Morgan fingerprint density at radius 2 is 2.16 bits per heavy atom. The summed E-state index contributed by atoms with van der Waals surface area (Å²) < 4.78 is 8.61. The maximum Gasteiger partial charge on any atom is 0.410 e. The Bertz CT molecular complexity index is 821. The highest BCUT2D eigenvalue weighted by molar-refractivity contribution is 14.1. The highest BCUT2D eigenvalue weighted by atomic mass is 127. The van der Waals surface area contributed by atoms with E-state index in [2.05, 4.69) is 37.1 Å². The Balaban J connectivity index is 1.88. The Kier molecular flexibility index (Phi) is 5.41. The number of halogens is 2. The summed E-state index contributed by atoms with van der Waals surface area (Å²) >= 11 is 10.1. The van der Waals surface area contributed by atoms with E-state index in [1.165, 1.54) is 11.8 Å². The molecule has 0 aromatic carbocycles. The van der Waals surface area contributed by atoms with E-state index in [4.69, 9.17) is 16.3 Å². The van der Waals surface area contributed by atoms with Crippen LogP contribution in [-0.4, -0.2) is 50.5 Å². The first-order chi connectivity index (χ1) is 11.7. The second kappa shape index (κ2) is 7.11. The van der Waals surface area contributed by atoms with E-state index in [9.17, 15) is 4.79 Å². The van der Waals surface area contributed by atoms with Gasteiger partial charge in [-0.2, -0.15) is 0 Å². The SMILES string of the molecule is CSc1nc(Cl)c2c(I)cn(C3CCN(C(=O)OC(C)(C)C)C3)c2n1. The summed E-state index contributed by atoms with van der Waals surface area (Å²) in [6.07, 6.45) is 4.56. The first-order valence-electron chi connectivity index (χ1n) is 7.95. The Morgan fingerprint density at radius 1 is 1.44 bits per heavy atom. The van der Waals surface area contributed by atoms with Gasteiger partial charge >= 0.3 is 6.09 Å². The van der Waals surface area contributed by atoms with Crippen LogP contribution in [0.5, 0.6) is 0 Å². The zero-order valence-corrected chi connectivity index (χ0v) is 18.3. The van der Waals surface area contributed by atoms with Gasteiger partial charge in [-0.05, 0) is 56.0 Å². The van der Waals surface area contributed by atoms with Gasteiger partial charge < -0.3 is 14.2 Å². The summed E-state index contributed by atoms with van der Waals surface area (Å²) in [5, 5.41) is 1.99. The topological polar surface area (TPSA) is 60.2 Å². The van der Waals surface area contributed by atoms with Crippen LogP contribution in [0, 0.1) is 3.57 Å². The van der Waals surface area contributed by atoms with Crippen LogP contribution in [-0.2, 0) is 4.74 Å². The van der Waals surface area contributed by atoms with Crippen LogP contribution in [0.3, 0.4) is 0 Å². The van der Waals surface area contributed by atoms with Gasteiger partial charge in [-0.25, -0.2) is 14.8 Å². The molecule has 0 radical (unpaired) electrons. The third-order valence-electron chi connectivity index (χ3n) is 3.95. The molecule has 1 fully saturated rings. The molecule has 1 saturated heterocycles. The molecule has 2 aromatic heterocycles. The molecule has 1 unspecified atom stereocenters. The van der Waals surface area contributed by atoms with Crippen molar-refractivity contribution in [2.24, 2.45) is 0 Å². The number of fused-ring (bicyclic) bond motifs is 1. The van der Waals surface area contributed by atoms with E-state index < -0.39 is 5.60 Å². The van der Waals surface area contributed by atoms with Crippen LogP contribution in [0.15, 0.2) is 11.4 Å². The predicted octanol–water partition coefficient (Wildman–Crippen LogP) is 4.59. The van der Waals surface area contributed by atoms with Crippen molar-refractivity contribution in [1.29, 1.82) is 0 Å². The van der Waals surface area contributed by atoms with Crippen LogP contribution in [0.25, 0.3) is 11.0 Å². The van der Waals surface area contributed by atoms with Crippen molar-refractivity contribution in [3.05, 3.63) is 14.9 Å². The van der Waals surface area contributed by atoms with E-state index in [0.717, 1.165) is 21.0 Å². The summed E-state index contributed by atoms with van der Waals surface area (Å²) in [5.74, 6) is 0. The molecule has 1 atom stereocenters. The zero-order chi connectivity index (χ0) is 18.4. The van der Waals surface area contributed by atoms with E-state index in [1.807, 2.05) is 33.2 Å². The van der Waals surface area contributed by atoms with Crippen molar-refractivity contribution in [3.8, 4) is 0 Å². The predicted molar refractivity (Wildman–Crippen MR) is 108 cm³/mol. The highest BCUT2D eigenvalue weighted by Crippen LogP contribution is 2.34. The minimum absolute atomic E-state index is 0.152. The lowest BCUT2D eigenvalue weighted by atomic mass is 10.2. The quantitative estimate of drug-likeness (QED) is 0.264. The summed E-state index contributed by atoms with van der Waals surface area (Å²) in [6.45, 7) is 6.91. The fourth-order valence-electron chi connectivity index (χ4n) is 2.87. The van der Waals surface area contributed by atoms with E-state index in [1.54, 1.807) is 4.90 Å². The first-order valence-corrected chi connectivity index (χ1v) is 10.6. The molecule has 0 N–H and O–H groups in total. The Hall–Kier alpha value is -0.740. The van der Waals surface area contributed by atoms with Crippen molar-refractivity contribution < 1.29 is 9.53 Å². The maximum absolute atomic E-state index is 12.3. The zero-order valence-electron chi connectivity index (χ0n) is 14.5. The van der Waals surface area contributed by atoms with Crippen molar-refractivity contribution in [1.82, 2.24) is 19.4 Å². The van der Waals surface area contributed by atoms with Crippen LogP contribution in [0.1, 0.15) is 33.2 Å². The van der Waals surface area contributed by atoms with Crippen LogP contribution < -0.4 is 0 Å². The molecule has 1 aliphatic rings. The molecule has 3 heterocycles. The van der Waals surface area contributed by atoms with Gasteiger partial charge in [0.1, 0.15) is 16.4 Å². The smallest absolute Gasteiger partial charge is 0.410 e. The number of carbonyl (C=O) groups is 1. The van der Waals surface area contributed by atoms with Gasteiger partial charge in [0.2, 0.25) is 0 Å². The summed E-state index contributed by atoms with van der Waals surface area (Å²) in [5.41, 5.74) is 0.336. The minimum atomic E-state index is -0.487. The van der Waals surface area contributed by atoms with Crippen LogP contribution >= 0.6 is 46.0 Å². The molecule has 136 valence electrons. The molecule has 0 saturated carbocycles. The number of hydrogen-bond donors (Lipinski definition) is 0. The van der Waals surface area contributed by atoms with Gasteiger partial charge in [0.05, 0.1) is 11.4 Å². The standard InChI is InChI=1S/C16H20ClIN4O2S/c1-16(2,3)24-15(23)21-6-5-9(7-21)22-8-10(18)11-12(17)19-14(25-4)20-13(11)22/h8-9H,5-7H2,1-4H3. The van der Waals surface area contributed by atoms with Gasteiger partial charge in [0.15, 0.2) is 5.16 Å². The van der Waals surface area contributed by atoms with E-state index in [0.29, 0.717) is 23.4 Å². The van der Waals surface area contributed by atoms with Gasteiger partial charge in [-0.3, -0.25) is 0 Å². The molecule has 25 heavy (non-hydrogen) atoms. The number of rotatable bonds is 2. The number of hydrogen-bond acceptors (Lipinski definition) is 5. The molecule has 0 spiro atoms. The van der Waals surface area contributed by atoms with Crippen molar-refractivity contribution in [3.63, 3.8) is 0 Å². The normalized spacial score (nSPS) is 18.2. The number of amides is 1. The van der Waals surface area contributed by atoms with Crippen LogP contribution in [0.2, 0.25) is 5.15 Å². The second-order valence-corrected chi connectivity index (χ2v) is 9.25. The average molecular weight is 495 g/mol. The molecule has 6 nitrogen and oxygen atoms in total. The third kappa shape index (κ3) is 4.00. The van der Waals surface area contributed by atoms with Crippen molar-refractivity contribution in [2.75, 3.05) is 19.3 Å². The minimum Gasteiger partial charge on any atom is -0.444 e. The first kappa shape index (κ1) is 19.0. The molecule has 2 aromatic rings. The molecule has 1 amide bonds. The molecule has 0 aliphatic carbocycles. The lowest BCUT2D eigenvalue weighted by molar-refractivity contribution is 0.0289. The number of thioether (sulfide) groups is 1. The fraction of sp³-hybridized carbons (Fsp3) is 0.562. The summed E-state index contributed by atoms with van der Waals surface area (Å²) in [6, 6.07) is 0.152. The molecule has 1 aliphatic heterocycles. The summed E-state index contributed by atoms with van der Waals surface area (Å²) in [7, 11) is 0. The lowest BCUT2D eigenvalue weighted by Gasteiger charge is -2.24. The van der Waals surface area contributed by atoms with Gasteiger partial charge in [-0.1, -0.05) is 23.4 Å². The van der Waals surface area contributed by atoms with Crippen molar-refractivity contribution in [2.45, 2.75) is 44.0 Å². The molecule has 3 rings (SSSR count). The molecule has 0 bridgehead atoms. The number of carbonyl (C=O) groups excluding carboxylic acids is 1. The van der Waals surface area contributed by atoms with E-state index in [-0.39, 0.29) is 12.1 Å². The maximum atomic E-state index is 12.3. The number of aromatic nitrogens is 3. The number of likely N-dealkylation sites (tertiary alicyclic amines) is 1. The summed E-state index contributed by atoms with van der Waals surface area (Å²) in [4.78, 5) is 23.0. The monoisotopic (exact) mass is 494 g/mol. The number of nitrogens with zero attached hydrogens (tertiary/aromatic N) is 4. The molecular formula is C16H20ClIN4O2S. The fourth-order valence-corrected chi connectivity index (χ4v) is 4.51. The Labute approximate surface area is 169 Å². The third-order valence-corrected chi connectivity index (χ3v) is 5.59. The highest BCUT2D eigenvalue weighted by Gasteiger charge is 2.32.